The van der Waals surface area contributed by atoms with Crippen molar-refractivity contribution in [3.63, 3.8) is 0 Å². The zero-order chi connectivity index (χ0) is 12.4. The summed E-state index contributed by atoms with van der Waals surface area (Å²) in [6.07, 6.45) is 4.03. The highest BCUT2D eigenvalue weighted by Crippen LogP contribution is 2.53. The highest BCUT2D eigenvalue weighted by atomic mass is 32.1. The van der Waals surface area contributed by atoms with Crippen LogP contribution in [0.3, 0.4) is 0 Å². The number of benzene rings is 1. The summed E-state index contributed by atoms with van der Waals surface area (Å²) in [5.74, 6) is 2.54. The van der Waals surface area contributed by atoms with Gasteiger partial charge in [0, 0.05) is 4.88 Å². The molecule has 18 heavy (non-hydrogen) atoms. The summed E-state index contributed by atoms with van der Waals surface area (Å²) in [6, 6.07) is 15.5. The van der Waals surface area contributed by atoms with Gasteiger partial charge in [-0.3, -0.25) is 0 Å². The second-order valence-corrected chi connectivity index (χ2v) is 6.35. The summed E-state index contributed by atoms with van der Waals surface area (Å²) in [7, 11) is 0. The van der Waals surface area contributed by atoms with Gasteiger partial charge in [0.2, 0.25) is 0 Å². The van der Waals surface area contributed by atoms with E-state index < -0.39 is 0 Å². The highest BCUT2D eigenvalue weighted by Gasteiger charge is 2.39. The topological polar surface area (TPSA) is 0 Å². The second kappa shape index (κ2) is 5.27. The monoisotopic (exact) mass is 256 g/mol. The van der Waals surface area contributed by atoms with Crippen molar-refractivity contribution in [1.29, 1.82) is 0 Å². The van der Waals surface area contributed by atoms with Gasteiger partial charge >= 0.3 is 0 Å². The maximum atomic E-state index is 2.32. The van der Waals surface area contributed by atoms with Gasteiger partial charge < -0.3 is 0 Å². The molecule has 0 N–H and O–H groups in total. The maximum Gasteiger partial charge on any atom is 0.00790 e. The van der Waals surface area contributed by atoms with E-state index in [1.807, 2.05) is 11.3 Å². The predicted octanol–water partition coefficient (Wildman–Crippen LogP) is 5.44. The van der Waals surface area contributed by atoms with Crippen LogP contribution in [0, 0.1) is 5.92 Å². The molecule has 0 radical (unpaired) electrons. The van der Waals surface area contributed by atoms with E-state index in [1.54, 1.807) is 4.88 Å². The first kappa shape index (κ1) is 12.0. The van der Waals surface area contributed by atoms with Crippen molar-refractivity contribution in [2.45, 2.75) is 38.0 Å². The van der Waals surface area contributed by atoms with Gasteiger partial charge in [-0.05, 0) is 54.0 Å². The Morgan fingerprint density at radius 2 is 2.00 bits per heavy atom. The molecule has 1 heterocycles. The van der Waals surface area contributed by atoms with E-state index in [1.165, 1.54) is 24.8 Å². The Labute approximate surface area is 114 Å². The molecule has 1 heteroatoms. The molecule has 1 aromatic heterocycles. The van der Waals surface area contributed by atoms with Crippen molar-refractivity contribution in [1.82, 2.24) is 0 Å². The molecular formula is C17H20S. The number of rotatable bonds is 5. The average molecular weight is 256 g/mol. The lowest BCUT2D eigenvalue weighted by atomic mass is 9.90. The SMILES string of the molecule is CCC(CC1CC1c1cccs1)c1ccccc1. The Morgan fingerprint density at radius 3 is 2.67 bits per heavy atom. The summed E-state index contributed by atoms with van der Waals surface area (Å²) in [4.78, 5) is 1.60. The summed E-state index contributed by atoms with van der Waals surface area (Å²) >= 11 is 1.93. The second-order valence-electron chi connectivity index (χ2n) is 5.37. The first-order valence-electron chi connectivity index (χ1n) is 6.96. The molecule has 1 aromatic carbocycles. The standard InChI is InChI=1S/C17H20S/c1-2-13(14-7-4-3-5-8-14)11-15-12-16(15)17-9-6-10-18-17/h3-10,13,15-16H,2,11-12H2,1H3. The molecule has 1 aliphatic carbocycles. The quantitative estimate of drug-likeness (QED) is 0.668. The Bertz CT molecular complexity index is 472. The fraction of sp³-hybridized carbons (Fsp3) is 0.412. The first-order chi connectivity index (χ1) is 8.88. The lowest BCUT2D eigenvalue weighted by Crippen LogP contribution is -1.99. The molecule has 3 rings (SSSR count). The third-order valence-corrected chi connectivity index (χ3v) is 5.19. The van der Waals surface area contributed by atoms with Gasteiger partial charge in [-0.1, -0.05) is 43.3 Å². The molecule has 94 valence electrons. The van der Waals surface area contributed by atoms with Crippen LogP contribution in [0.1, 0.15) is 48.5 Å². The normalized spacial score (nSPS) is 23.8. The molecule has 0 nitrogen and oxygen atoms in total. The zero-order valence-electron chi connectivity index (χ0n) is 10.9. The minimum atomic E-state index is 0.751. The molecule has 2 aromatic rings. The van der Waals surface area contributed by atoms with Crippen molar-refractivity contribution in [2.75, 3.05) is 0 Å². The summed E-state index contributed by atoms with van der Waals surface area (Å²) in [5, 5.41) is 2.21. The van der Waals surface area contributed by atoms with E-state index in [-0.39, 0.29) is 0 Å². The molecular weight excluding hydrogens is 236 g/mol. The summed E-state index contributed by atoms with van der Waals surface area (Å²) in [5.41, 5.74) is 1.52. The fourth-order valence-corrected chi connectivity index (χ4v) is 3.92. The number of hydrogen-bond acceptors (Lipinski definition) is 1. The van der Waals surface area contributed by atoms with Gasteiger partial charge in [-0.25, -0.2) is 0 Å². The van der Waals surface area contributed by atoms with Crippen LogP contribution in [0.25, 0.3) is 0 Å². The minimum Gasteiger partial charge on any atom is -0.149 e. The van der Waals surface area contributed by atoms with Crippen LogP contribution in [0.2, 0.25) is 0 Å². The van der Waals surface area contributed by atoms with Crippen molar-refractivity contribution in [3.05, 3.63) is 58.3 Å². The smallest absolute Gasteiger partial charge is 0.00790 e. The predicted molar refractivity (Wildman–Crippen MR) is 79.3 cm³/mol. The van der Waals surface area contributed by atoms with Crippen LogP contribution < -0.4 is 0 Å². The Balaban J connectivity index is 1.63. The van der Waals surface area contributed by atoms with E-state index >= 15 is 0 Å². The molecule has 0 amide bonds. The molecule has 0 aliphatic heterocycles. The van der Waals surface area contributed by atoms with Crippen molar-refractivity contribution in [3.8, 4) is 0 Å². The third kappa shape index (κ3) is 2.51. The van der Waals surface area contributed by atoms with Gasteiger partial charge in [-0.2, -0.15) is 0 Å². The first-order valence-corrected chi connectivity index (χ1v) is 7.84. The van der Waals surface area contributed by atoms with Crippen LogP contribution in [-0.2, 0) is 0 Å². The van der Waals surface area contributed by atoms with E-state index in [4.69, 9.17) is 0 Å². The lowest BCUT2D eigenvalue weighted by molar-refractivity contribution is 0.554. The van der Waals surface area contributed by atoms with Crippen LogP contribution >= 0.6 is 11.3 Å². The van der Waals surface area contributed by atoms with E-state index in [0.29, 0.717) is 0 Å². The molecule has 1 aliphatic rings. The maximum absolute atomic E-state index is 2.32. The largest absolute Gasteiger partial charge is 0.149 e. The molecule has 0 bridgehead atoms. The fourth-order valence-electron chi connectivity index (χ4n) is 2.99. The van der Waals surface area contributed by atoms with E-state index in [9.17, 15) is 0 Å². The Hall–Kier alpha value is -1.08. The van der Waals surface area contributed by atoms with E-state index in [2.05, 4.69) is 54.8 Å². The summed E-state index contributed by atoms with van der Waals surface area (Å²) < 4.78 is 0. The Morgan fingerprint density at radius 1 is 1.17 bits per heavy atom. The van der Waals surface area contributed by atoms with E-state index in [0.717, 1.165) is 17.8 Å². The molecule has 0 spiro atoms. The van der Waals surface area contributed by atoms with Crippen LogP contribution in [0.5, 0.6) is 0 Å². The van der Waals surface area contributed by atoms with Crippen molar-refractivity contribution >= 4 is 11.3 Å². The van der Waals surface area contributed by atoms with Crippen LogP contribution in [-0.4, -0.2) is 0 Å². The highest BCUT2D eigenvalue weighted by molar-refractivity contribution is 7.10. The average Bonchev–Trinajstić information content (AvgIpc) is 2.98. The lowest BCUT2D eigenvalue weighted by Gasteiger charge is -2.15. The van der Waals surface area contributed by atoms with Gasteiger partial charge in [0.1, 0.15) is 0 Å². The molecule has 1 fully saturated rings. The van der Waals surface area contributed by atoms with Crippen LogP contribution in [0.15, 0.2) is 47.8 Å². The number of thiophene rings is 1. The minimum absolute atomic E-state index is 0.751. The molecule has 3 unspecified atom stereocenters. The van der Waals surface area contributed by atoms with Gasteiger partial charge in [0.25, 0.3) is 0 Å². The van der Waals surface area contributed by atoms with Gasteiger partial charge in [-0.15, -0.1) is 11.3 Å². The Kier molecular flexibility index (Phi) is 3.51. The van der Waals surface area contributed by atoms with Gasteiger partial charge in [0.15, 0.2) is 0 Å². The summed E-state index contributed by atoms with van der Waals surface area (Å²) in [6.45, 7) is 2.32. The van der Waals surface area contributed by atoms with Crippen LogP contribution in [0.4, 0.5) is 0 Å². The number of hydrogen-bond donors (Lipinski definition) is 0. The molecule has 1 saturated carbocycles. The molecule has 0 saturated heterocycles. The molecule has 3 atom stereocenters. The van der Waals surface area contributed by atoms with Crippen molar-refractivity contribution in [2.24, 2.45) is 5.92 Å². The zero-order valence-corrected chi connectivity index (χ0v) is 11.7. The van der Waals surface area contributed by atoms with Gasteiger partial charge in [0.05, 0.1) is 0 Å². The third-order valence-electron chi connectivity index (χ3n) is 4.18. The van der Waals surface area contributed by atoms with Crippen molar-refractivity contribution < 1.29 is 0 Å².